The maximum absolute atomic E-state index is 2.40. The van der Waals surface area contributed by atoms with Gasteiger partial charge in [-0.25, -0.2) is 0 Å². The van der Waals surface area contributed by atoms with Crippen LogP contribution in [0.25, 0.3) is 87.6 Å². The number of rotatable bonds is 4. The van der Waals surface area contributed by atoms with Gasteiger partial charge < -0.3 is 0 Å². The molecule has 0 saturated carbocycles. The van der Waals surface area contributed by atoms with E-state index in [1.807, 2.05) is 0 Å². The van der Waals surface area contributed by atoms with Crippen molar-refractivity contribution < 1.29 is 0 Å². The van der Waals surface area contributed by atoms with Gasteiger partial charge in [-0.1, -0.05) is 158 Å². The SMILES string of the molecule is c1ccc(-c2ccc(-c3c4cc5ccccc5cc4c(-c4ccc(-c5ccccc5)cc4)c4cc5ccccc5cc34)cc2)cc1. The molecule has 0 heterocycles. The molecule has 0 unspecified atom stereocenters. The van der Waals surface area contributed by atoms with E-state index in [0.29, 0.717) is 0 Å². The van der Waals surface area contributed by atoms with Gasteiger partial charge in [-0.05, 0) is 112 Å². The van der Waals surface area contributed by atoms with Crippen molar-refractivity contribution in [2.75, 3.05) is 0 Å². The van der Waals surface area contributed by atoms with Gasteiger partial charge in [-0.2, -0.15) is 0 Å². The Morgan fingerprint density at radius 2 is 0.435 bits per heavy atom. The molecular formula is C46H30. The first-order chi connectivity index (χ1) is 22.8. The zero-order valence-corrected chi connectivity index (χ0v) is 25.3. The summed E-state index contributed by atoms with van der Waals surface area (Å²) in [6, 6.07) is 66.6. The van der Waals surface area contributed by atoms with Gasteiger partial charge in [0.1, 0.15) is 0 Å². The summed E-state index contributed by atoms with van der Waals surface area (Å²) in [5, 5.41) is 10.1. The van der Waals surface area contributed by atoms with Gasteiger partial charge in [-0.15, -0.1) is 0 Å². The van der Waals surface area contributed by atoms with E-state index >= 15 is 0 Å². The average Bonchev–Trinajstić information content (AvgIpc) is 3.13. The lowest BCUT2D eigenvalue weighted by atomic mass is 9.83. The van der Waals surface area contributed by atoms with E-state index in [2.05, 4.69) is 182 Å². The topological polar surface area (TPSA) is 0 Å². The highest BCUT2D eigenvalue weighted by Gasteiger charge is 2.19. The van der Waals surface area contributed by atoms with Crippen LogP contribution in [0.4, 0.5) is 0 Å². The summed E-state index contributed by atoms with van der Waals surface area (Å²) in [7, 11) is 0. The van der Waals surface area contributed by atoms with E-state index < -0.39 is 0 Å². The molecule has 0 nitrogen and oxygen atoms in total. The molecule has 0 spiro atoms. The van der Waals surface area contributed by atoms with Crippen molar-refractivity contribution in [3.05, 3.63) is 182 Å². The van der Waals surface area contributed by atoms with Crippen LogP contribution in [0, 0.1) is 0 Å². The molecule has 0 fully saturated rings. The van der Waals surface area contributed by atoms with E-state index in [4.69, 9.17) is 0 Å². The fourth-order valence-electron chi connectivity index (χ4n) is 7.14. The second-order valence-corrected chi connectivity index (χ2v) is 12.1. The Morgan fingerprint density at radius 1 is 0.196 bits per heavy atom. The van der Waals surface area contributed by atoms with Crippen molar-refractivity contribution in [2.24, 2.45) is 0 Å². The minimum Gasteiger partial charge on any atom is -0.0622 e. The molecule has 0 atom stereocenters. The Labute approximate surface area is 268 Å². The molecular weight excluding hydrogens is 553 g/mol. The quantitative estimate of drug-likeness (QED) is 0.181. The van der Waals surface area contributed by atoms with Gasteiger partial charge >= 0.3 is 0 Å². The fraction of sp³-hybridized carbons (Fsp3) is 0. The molecule has 46 heavy (non-hydrogen) atoms. The van der Waals surface area contributed by atoms with Crippen LogP contribution in [-0.2, 0) is 0 Å². The molecule has 0 bridgehead atoms. The number of hydrogen-bond acceptors (Lipinski definition) is 0. The first-order valence-corrected chi connectivity index (χ1v) is 15.9. The zero-order chi connectivity index (χ0) is 30.5. The Balaban J connectivity index is 1.37. The molecule has 9 rings (SSSR count). The first-order valence-electron chi connectivity index (χ1n) is 15.9. The van der Waals surface area contributed by atoms with Gasteiger partial charge in [0, 0.05) is 0 Å². The van der Waals surface area contributed by atoms with E-state index in [1.54, 1.807) is 0 Å². The monoisotopic (exact) mass is 582 g/mol. The van der Waals surface area contributed by atoms with Gasteiger partial charge in [0.15, 0.2) is 0 Å². The lowest BCUT2D eigenvalue weighted by Crippen LogP contribution is -1.92. The summed E-state index contributed by atoms with van der Waals surface area (Å²) in [5.41, 5.74) is 9.94. The molecule has 0 radical (unpaired) electrons. The van der Waals surface area contributed by atoms with Crippen molar-refractivity contribution in [3.8, 4) is 44.5 Å². The molecule has 0 heteroatoms. The summed E-state index contributed by atoms with van der Waals surface area (Å²) in [6.07, 6.45) is 0. The lowest BCUT2D eigenvalue weighted by Gasteiger charge is -2.20. The van der Waals surface area contributed by atoms with Crippen molar-refractivity contribution in [1.82, 2.24) is 0 Å². The average molecular weight is 583 g/mol. The summed E-state index contributed by atoms with van der Waals surface area (Å²) in [6.45, 7) is 0. The van der Waals surface area contributed by atoms with Gasteiger partial charge in [-0.3, -0.25) is 0 Å². The molecule has 0 amide bonds. The van der Waals surface area contributed by atoms with Crippen LogP contribution in [0.3, 0.4) is 0 Å². The third-order valence-electron chi connectivity index (χ3n) is 9.41. The van der Waals surface area contributed by atoms with Crippen molar-refractivity contribution in [3.63, 3.8) is 0 Å². The normalized spacial score (nSPS) is 11.5. The highest BCUT2D eigenvalue weighted by atomic mass is 14.2. The van der Waals surface area contributed by atoms with Crippen molar-refractivity contribution in [1.29, 1.82) is 0 Å². The van der Waals surface area contributed by atoms with Gasteiger partial charge in [0.05, 0.1) is 0 Å². The van der Waals surface area contributed by atoms with Crippen LogP contribution < -0.4 is 0 Å². The Bertz CT molecular complexity index is 2250. The zero-order valence-electron chi connectivity index (χ0n) is 25.3. The Kier molecular flexibility index (Phi) is 6.25. The smallest absolute Gasteiger partial charge is 0.00259 e. The van der Waals surface area contributed by atoms with Crippen LogP contribution in [0.15, 0.2) is 182 Å². The number of fused-ring (bicyclic) bond motifs is 4. The maximum atomic E-state index is 2.40. The highest BCUT2D eigenvalue weighted by Crippen LogP contribution is 2.46. The molecule has 9 aromatic rings. The summed E-state index contributed by atoms with van der Waals surface area (Å²) >= 11 is 0. The van der Waals surface area contributed by atoms with E-state index in [1.165, 1.54) is 87.6 Å². The molecule has 9 aromatic carbocycles. The first kappa shape index (κ1) is 26.4. The highest BCUT2D eigenvalue weighted by molar-refractivity contribution is 6.25. The second kappa shape index (κ2) is 10.9. The summed E-state index contributed by atoms with van der Waals surface area (Å²) in [4.78, 5) is 0. The predicted molar refractivity (Wildman–Crippen MR) is 198 cm³/mol. The maximum Gasteiger partial charge on any atom is -0.00259 e. The summed E-state index contributed by atoms with van der Waals surface area (Å²) in [5.74, 6) is 0. The van der Waals surface area contributed by atoms with Crippen LogP contribution in [0.1, 0.15) is 0 Å². The summed E-state index contributed by atoms with van der Waals surface area (Å²) < 4.78 is 0. The minimum atomic E-state index is 1.23. The molecule has 0 aromatic heterocycles. The van der Waals surface area contributed by atoms with Gasteiger partial charge in [0.25, 0.3) is 0 Å². The van der Waals surface area contributed by atoms with Crippen LogP contribution >= 0.6 is 0 Å². The molecule has 214 valence electrons. The molecule has 0 aliphatic heterocycles. The van der Waals surface area contributed by atoms with Crippen LogP contribution in [0.2, 0.25) is 0 Å². The Morgan fingerprint density at radius 3 is 0.739 bits per heavy atom. The molecule has 0 saturated heterocycles. The van der Waals surface area contributed by atoms with E-state index in [-0.39, 0.29) is 0 Å². The molecule has 0 aliphatic carbocycles. The fourth-order valence-corrected chi connectivity index (χ4v) is 7.14. The second-order valence-electron chi connectivity index (χ2n) is 12.1. The third-order valence-corrected chi connectivity index (χ3v) is 9.41. The Hall–Kier alpha value is -5.98. The standard InChI is InChI=1S/C46H30/c1-3-11-31(12-4-1)33-19-23-35(24-20-33)45-41-27-37-15-7-9-17-39(37)29-43(41)46(44-30-40-18-10-8-16-38(40)28-42(44)45)36-25-21-34(22-26-36)32-13-5-2-6-14-32/h1-30H. The van der Waals surface area contributed by atoms with Crippen LogP contribution in [0.5, 0.6) is 0 Å². The molecule has 0 aliphatic rings. The lowest BCUT2D eigenvalue weighted by molar-refractivity contribution is 1.61. The third kappa shape index (κ3) is 4.47. The van der Waals surface area contributed by atoms with Crippen LogP contribution in [-0.4, -0.2) is 0 Å². The number of benzene rings is 9. The van der Waals surface area contributed by atoms with Crippen molar-refractivity contribution in [2.45, 2.75) is 0 Å². The predicted octanol–water partition coefficient (Wildman–Crippen LogP) is 13.0. The van der Waals surface area contributed by atoms with E-state index in [9.17, 15) is 0 Å². The molecule has 0 N–H and O–H groups in total. The minimum absolute atomic E-state index is 1.23. The number of hydrogen-bond donors (Lipinski definition) is 0. The van der Waals surface area contributed by atoms with Crippen molar-refractivity contribution >= 4 is 43.1 Å². The van der Waals surface area contributed by atoms with E-state index in [0.717, 1.165) is 0 Å². The largest absolute Gasteiger partial charge is 0.0622 e. The van der Waals surface area contributed by atoms with Gasteiger partial charge in [0.2, 0.25) is 0 Å².